The molecule has 0 spiro atoms. The van der Waals surface area contributed by atoms with Gasteiger partial charge in [0.15, 0.2) is 0 Å². The SMILES string of the molecule is CCOC(=O)c1cccc(N2CCN(C3CC3)CC2)c1N. The van der Waals surface area contributed by atoms with E-state index in [-0.39, 0.29) is 5.97 Å². The Morgan fingerprint density at radius 2 is 2.00 bits per heavy atom. The largest absolute Gasteiger partial charge is 0.462 e. The zero-order valence-electron chi connectivity index (χ0n) is 12.5. The monoisotopic (exact) mass is 289 g/mol. The third-order valence-electron chi connectivity index (χ3n) is 4.30. The fourth-order valence-electron chi connectivity index (χ4n) is 2.98. The molecular formula is C16H23N3O2. The van der Waals surface area contributed by atoms with Crippen molar-refractivity contribution in [3.05, 3.63) is 23.8 Å². The van der Waals surface area contributed by atoms with Crippen molar-refractivity contribution in [2.75, 3.05) is 43.4 Å². The van der Waals surface area contributed by atoms with Crippen LogP contribution >= 0.6 is 0 Å². The first-order valence-electron chi connectivity index (χ1n) is 7.75. The predicted molar refractivity (Wildman–Crippen MR) is 83.6 cm³/mol. The maximum absolute atomic E-state index is 11.9. The van der Waals surface area contributed by atoms with Crippen LogP contribution < -0.4 is 10.6 Å². The van der Waals surface area contributed by atoms with Crippen LogP contribution in [0.25, 0.3) is 0 Å². The summed E-state index contributed by atoms with van der Waals surface area (Å²) >= 11 is 0. The number of hydrogen-bond donors (Lipinski definition) is 1. The number of ether oxygens (including phenoxy) is 1. The van der Waals surface area contributed by atoms with Gasteiger partial charge in [0.2, 0.25) is 0 Å². The summed E-state index contributed by atoms with van der Waals surface area (Å²) in [4.78, 5) is 16.8. The molecule has 5 heteroatoms. The molecule has 1 aliphatic carbocycles. The highest BCUT2D eigenvalue weighted by molar-refractivity contribution is 5.98. The Hall–Kier alpha value is -1.75. The molecule has 1 aromatic rings. The minimum Gasteiger partial charge on any atom is -0.462 e. The summed E-state index contributed by atoms with van der Waals surface area (Å²) in [5, 5.41) is 0. The molecule has 114 valence electrons. The molecule has 0 unspecified atom stereocenters. The molecule has 2 aliphatic rings. The summed E-state index contributed by atoms with van der Waals surface area (Å²) in [6, 6.07) is 6.42. The van der Waals surface area contributed by atoms with Gasteiger partial charge in [-0.25, -0.2) is 4.79 Å². The van der Waals surface area contributed by atoms with E-state index in [2.05, 4.69) is 9.80 Å². The molecule has 0 atom stereocenters. The molecule has 21 heavy (non-hydrogen) atoms. The molecular weight excluding hydrogens is 266 g/mol. The fourth-order valence-corrected chi connectivity index (χ4v) is 2.98. The molecule has 2 fully saturated rings. The third-order valence-corrected chi connectivity index (χ3v) is 4.30. The predicted octanol–water partition coefficient (Wildman–Crippen LogP) is 1.73. The third kappa shape index (κ3) is 2.97. The number of nitrogen functional groups attached to an aromatic ring is 1. The molecule has 1 saturated carbocycles. The van der Waals surface area contributed by atoms with Crippen molar-refractivity contribution in [1.29, 1.82) is 0 Å². The fraction of sp³-hybridized carbons (Fsp3) is 0.562. The van der Waals surface area contributed by atoms with Crippen LogP contribution in [-0.4, -0.2) is 49.7 Å². The Labute approximate surface area is 125 Å². The van der Waals surface area contributed by atoms with Gasteiger partial charge in [-0.3, -0.25) is 4.90 Å². The van der Waals surface area contributed by atoms with Crippen molar-refractivity contribution in [3.63, 3.8) is 0 Å². The number of carbonyl (C=O) groups excluding carboxylic acids is 1. The van der Waals surface area contributed by atoms with Gasteiger partial charge in [0.25, 0.3) is 0 Å². The van der Waals surface area contributed by atoms with Gasteiger partial charge in [-0.05, 0) is 31.9 Å². The van der Waals surface area contributed by atoms with Gasteiger partial charge in [-0.15, -0.1) is 0 Å². The van der Waals surface area contributed by atoms with Crippen LogP contribution in [-0.2, 0) is 4.74 Å². The van der Waals surface area contributed by atoms with E-state index in [9.17, 15) is 4.79 Å². The van der Waals surface area contributed by atoms with Gasteiger partial charge >= 0.3 is 5.97 Å². The van der Waals surface area contributed by atoms with E-state index in [0.717, 1.165) is 37.9 Å². The molecule has 0 amide bonds. The lowest BCUT2D eigenvalue weighted by molar-refractivity contribution is 0.0527. The van der Waals surface area contributed by atoms with Crippen LogP contribution in [0.5, 0.6) is 0 Å². The summed E-state index contributed by atoms with van der Waals surface area (Å²) in [7, 11) is 0. The summed E-state index contributed by atoms with van der Waals surface area (Å²) in [6.45, 7) is 6.25. The van der Waals surface area contributed by atoms with Gasteiger partial charge < -0.3 is 15.4 Å². The van der Waals surface area contributed by atoms with Gasteiger partial charge in [-0.1, -0.05) is 6.07 Å². The van der Waals surface area contributed by atoms with Crippen LogP contribution in [0.2, 0.25) is 0 Å². The Bertz CT molecular complexity index is 520. The van der Waals surface area contributed by atoms with Crippen molar-refractivity contribution < 1.29 is 9.53 Å². The van der Waals surface area contributed by atoms with Gasteiger partial charge in [0, 0.05) is 32.2 Å². The van der Waals surface area contributed by atoms with Crippen molar-refractivity contribution in [1.82, 2.24) is 4.90 Å². The van der Waals surface area contributed by atoms with E-state index in [1.165, 1.54) is 12.8 Å². The molecule has 3 rings (SSSR count). The molecule has 0 bridgehead atoms. The number of benzene rings is 1. The summed E-state index contributed by atoms with van der Waals surface area (Å²) in [5.41, 5.74) is 8.16. The van der Waals surface area contributed by atoms with E-state index < -0.39 is 0 Å². The smallest absolute Gasteiger partial charge is 0.340 e. The van der Waals surface area contributed by atoms with E-state index in [1.807, 2.05) is 12.1 Å². The first kappa shape index (κ1) is 14.2. The van der Waals surface area contributed by atoms with Crippen LogP contribution in [0.3, 0.4) is 0 Å². The Morgan fingerprint density at radius 3 is 2.62 bits per heavy atom. The van der Waals surface area contributed by atoms with Gasteiger partial charge in [-0.2, -0.15) is 0 Å². The average Bonchev–Trinajstić information content (AvgIpc) is 3.33. The minimum absolute atomic E-state index is 0.339. The standard InChI is InChI=1S/C16H23N3O2/c1-2-21-16(20)13-4-3-5-14(15(13)17)19-10-8-18(9-11-19)12-6-7-12/h3-5,12H,2,6-11,17H2,1H3. The molecule has 1 saturated heterocycles. The van der Waals surface area contributed by atoms with E-state index in [4.69, 9.17) is 10.5 Å². The lowest BCUT2D eigenvalue weighted by Crippen LogP contribution is -2.47. The number of carbonyl (C=O) groups is 1. The zero-order valence-corrected chi connectivity index (χ0v) is 12.5. The van der Waals surface area contributed by atoms with Crippen LogP contribution in [0, 0.1) is 0 Å². The van der Waals surface area contributed by atoms with E-state index in [1.54, 1.807) is 13.0 Å². The molecule has 2 N–H and O–H groups in total. The second kappa shape index (κ2) is 5.93. The number of piperazine rings is 1. The molecule has 5 nitrogen and oxygen atoms in total. The van der Waals surface area contributed by atoms with E-state index >= 15 is 0 Å². The average molecular weight is 289 g/mol. The highest BCUT2D eigenvalue weighted by atomic mass is 16.5. The molecule has 1 aliphatic heterocycles. The number of esters is 1. The Morgan fingerprint density at radius 1 is 1.29 bits per heavy atom. The Kier molecular flexibility index (Phi) is 4.01. The lowest BCUT2D eigenvalue weighted by atomic mass is 10.1. The molecule has 1 aromatic carbocycles. The van der Waals surface area contributed by atoms with Crippen molar-refractivity contribution >= 4 is 17.3 Å². The highest BCUT2D eigenvalue weighted by Crippen LogP contribution is 2.31. The second-order valence-corrected chi connectivity index (χ2v) is 5.71. The number of para-hydroxylation sites is 1. The normalized spacial score (nSPS) is 19.6. The van der Waals surface area contributed by atoms with Crippen LogP contribution in [0.4, 0.5) is 11.4 Å². The molecule has 1 heterocycles. The number of anilines is 2. The van der Waals surface area contributed by atoms with Gasteiger partial charge in [0.1, 0.15) is 0 Å². The maximum atomic E-state index is 11.9. The first-order valence-corrected chi connectivity index (χ1v) is 7.75. The van der Waals surface area contributed by atoms with E-state index in [0.29, 0.717) is 17.9 Å². The zero-order chi connectivity index (χ0) is 14.8. The second-order valence-electron chi connectivity index (χ2n) is 5.71. The molecule has 0 radical (unpaired) electrons. The topological polar surface area (TPSA) is 58.8 Å². The Balaban J connectivity index is 1.73. The molecule has 0 aromatic heterocycles. The van der Waals surface area contributed by atoms with Crippen LogP contribution in [0.1, 0.15) is 30.1 Å². The lowest BCUT2D eigenvalue weighted by Gasteiger charge is -2.36. The van der Waals surface area contributed by atoms with Crippen LogP contribution in [0.15, 0.2) is 18.2 Å². The maximum Gasteiger partial charge on any atom is 0.340 e. The minimum atomic E-state index is -0.339. The quantitative estimate of drug-likeness (QED) is 0.676. The number of nitrogens with zero attached hydrogens (tertiary/aromatic N) is 2. The van der Waals surface area contributed by atoms with Crippen molar-refractivity contribution in [2.45, 2.75) is 25.8 Å². The number of nitrogens with two attached hydrogens (primary N) is 1. The summed E-state index contributed by atoms with van der Waals surface area (Å²) < 4.78 is 5.06. The summed E-state index contributed by atoms with van der Waals surface area (Å²) in [5.74, 6) is -0.339. The number of rotatable bonds is 4. The number of hydrogen-bond acceptors (Lipinski definition) is 5. The van der Waals surface area contributed by atoms with Crippen molar-refractivity contribution in [3.8, 4) is 0 Å². The first-order chi connectivity index (χ1) is 10.2. The summed E-state index contributed by atoms with van der Waals surface area (Å²) in [6.07, 6.45) is 2.70. The van der Waals surface area contributed by atoms with Gasteiger partial charge in [0.05, 0.1) is 23.5 Å². The highest BCUT2D eigenvalue weighted by Gasteiger charge is 2.31. The van der Waals surface area contributed by atoms with Crippen molar-refractivity contribution in [2.24, 2.45) is 0 Å².